The predicted octanol–water partition coefficient (Wildman–Crippen LogP) is 6.51. The fourth-order valence-electron chi connectivity index (χ4n) is 4.60. The summed E-state index contributed by atoms with van der Waals surface area (Å²) in [4.78, 5) is 18.2. The molecule has 1 aliphatic heterocycles. The average Bonchev–Trinajstić information content (AvgIpc) is 2.79. The van der Waals surface area contributed by atoms with Gasteiger partial charge >= 0.3 is 6.09 Å². The van der Waals surface area contributed by atoms with Crippen molar-refractivity contribution in [3.05, 3.63) is 88.7 Å². The van der Waals surface area contributed by atoms with Gasteiger partial charge in [0.05, 0.1) is 5.71 Å². The van der Waals surface area contributed by atoms with Crippen molar-refractivity contribution in [2.24, 2.45) is 5.16 Å². The van der Waals surface area contributed by atoms with E-state index in [9.17, 15) is 10.0 Å². The highest BCUT2D eigenvalue weighted by atomic mass is 16.6. The van der Waals surface area contributed by atoms with Crippen LogP contribution in [0.1, 0.15) is 61.1 Å². The molecule has 0 bridgehead atoms. The zero-order valence-electron chi connectivity index (χ0n) is 21.8. The van der Waals surface area contributed by atoms with Crippen molar-refractivity contribution in [1.29, 1.82) is 0 Å². The van der Waals surface area contributed by atoms with Crippen LogP contribution in [0.3, 0.4) is 0 Å². The number of ether oxygens (including phenoxy) is 1. The Morgan fingerprint density at radius 3 is 2.47 bits per heavy atom. The maximum Gasteiger partial charge on any atom is 0.410 e. The van der Waals surface area contributed by atoms with Gasteiger partial charge in [0.25, 0.3) is 0 Å². The van der Waals surface area contributed by atoms with E-state index in [1.807, 2.05) is 52.1 Å². The number of carbonyl (C=O) groups is 1. The van der Waals surface area contributed by atoms with Gasteiger partial charge in [-0.3, -0.25) is 4.98 Å². The van der Waals surface area contributed by atoms with Gasteiger partial charge < -0.3 is 14.8 Å². The van der Waals surface area contributed by atoms with E-state index in [-0.39, 0.29) is 6.09 Å². The molecule has 36 heavy (non-hydrogen) atoms. The molecule has 0 radical (unpaired) electrons. The number of hydrogen-bond donors (Lipinski definition) is 1. The molecule has 1 amide bonds. The Labute approximate surface area is 213 Å². The monoisotopic (exact) mass is 485 g/mol. The topological polar surface area (TPSA) is 75.0 Å². The molecule has 2 aromatic carbocycles. The zero-order chi connectivity index (χ0) is 25.9. The van der Waals surface area contributed by atoms with Crippen LogP contribution >= 0.6 is 0 Å². The first kappa shape index (κ1) is 25.4. The van der Waals surface area contributed by atoms with Crippen LogP contribution in [-0.4, -0.2) is 45.6 Å². The largest absolute Gasteiger partial charge is 0.444 e. The molecule has 4 rings (SSSR count). The summed E-state index contributed by atoms with van der Waals surface area (Å²) in [6, 6.07) is 18.7. The first-order chi connectivity index (χ1) is 17.1. The standard InChI is InChI=1S/C30H35N3O3/c1-20-17-24(15-16-31-20)26-7-6-8-27(21(26)2)28(32-35)14-11-22-9-12-23(13-10-22)25-18-33(19-25)29(34)36-30(3,4)5/h6-10,12-13,15-17,25,35H,11,14,18-19H2,1-5H3/b32-28-. The van der Waals surface area contributed by atoms with Gasteiger partial charge in [-0.2, -0.15) is 0 Å². The predicted molar refractivity (Wildman–Crippen MR) is 143 cm³/mol. The van der Waals surface area contributed by atoms with Gasteiger partial charge in [-0.15, -0.1) is 0 Å². The van der Waals surface area contributed by atoms with E-state index in [1.165, 1.54) is 11.1 Å². The Kier molecular flexibility index (Phi) is 7.43. The number of hydrogen-bond acceptors (Lipinski definition) is 5. The number of nitrogens with zero attached hydrogens (tertiary/aromatic N) is 3. The zero-order valence-corrected chi connectivity index (χ0v) is 21.8. The molecule has 188 valence electrons. The van der Waals surface area contributed by atoms with E-state index in [0.717, 1.165) is 34.4 Å². The Bertz CT molecular complexity index is 1250. The van der Waals surface area contributed by atoms with Crippen LogP contribution in [0, 0.1) is 13.8 Å². The number of benzene rings is 2. The third-order valence-electron chi connectivity index (χ3n) is 6.61. The normalized spacial score (nSPS) is 14.5. The molecular formula is C30H35N3O3. The third-order valence-corrected chi connectivity index (χ3v) is 6.61. The lowest BCUT2D eigenvalue weighted by Crippen LogP contribution is -2.50. The second-order valence-corrected chi connectivity index (χ2v) is 10.5. The fraction of sp³-hybridized carbons (Fsp3) is 0.367. The van der Waals surface area contributed by atoms with Gasteiger partial charge in [-0.05, 0) is 87.4 Å². The van der Waals surface area contributed by atoms with Gasteiger partial charge in [0, 0.05) is 36.5 Å². The summed E-state index contributed by atoms with van der Waals surface area (Å²) in [5, 5.41) is 13.5. The Hall–Kier alpha value is -3.67. The van der Waals surface area contributed by atoms with E-state index in [0.29, 0.717) is 31.1 Å². The molecule has 1 N–H and O–H groups in total. The lowest BCUT2D eigenvalue weighted by atomic mass is 9.90. The summed E-state index contributed by atoms with van der Waals surface area (Å²) in [5.74, 6) is 0.336. The maximum atomic E-state index is 12.2. The minimum absolute atomic E-state index is 0.246. The van der Waals surface area contributed by atoms with E-state index in [1.54, 1.807) is 4.90 Å². The summed E-state index contributed by atoms with van der Waals surface area (Å²) >= 11 is 0. The lowest BCUT2D eigenvalue weighted by Gasteiger charge is -2.40. The number of rotatable bonds is 6. The molecule has 0 aliphatic carbocycles. The number of pyridine rings is 1. The number of carbonyl (C=O) groups excluding carboxylic acids is 1. The molecule has 0 unspecified atom stereocenters. The molecule has 1 aliphatic rings. The lowest BCUT2D eigenvalue weighted by molar-refractivity contribution is 0.00819. The highest BCUT2D eigenvalue weighted by Gasteiger charge is 2.34. The highest BCUT2D eigenvalue weighted by molar-refractivity contribution is 6.02. The molecule has 0 atom stereocenters. The molecule has 6 heteroatoms. The number of likely N-dealkylation sites (tertiary alicyclic amines) is 1. The van der Waals surface area contributed by atoms with Crippen molar-refractivity contribution in [3.8, 4) is 11.1 Å². The summed E-state index contributed by atoms with van der Waals surface area (Å²) in [7, 11) is 0. The fourth-order valence-corrected chi connectivity index (χ4v) is 4.60. The summed E-state index contributed by atoms with van der Waals surface area (Å²) in [6.07, 6.45) is 2.97. The van der Waals surface area contributed by atoms with Crippen molar-refractivity contribution in [1.82, 2.24) is 9.88 Å². The SMILES string of the molecule is Cc1cc(-c2cccc(/C(CCc3ccc(C4CN(C(=O)OC(C)(C)C)C4)cc3)=N\O)c2C)ccn1. The molecule has 6 nitrogen and oxygen atoms in total. The Morgan fingerprint density at radius 1 is 1.11 bits per heavy atom. The minimum atomic E-state index is -0.474. The Morgan fingerprint density at radius 2 is 1.83 bits per heavy atom. The quantitative estimate of drug-likeness (QED) is 0.245. The summed E-state index contributed by atoms with van der Waals surface area (Å²) in [5.41, 5.74) is 7.85. The second-order valence-electron chi connectivity index (χ2n) is 10.5. The van der Waals surface area contributed by atoms with Crippen molar-refractivity contribution in [2.75, 3.05) is 13.1 Å². The van der Waals surface area contributed by atoms with Crippen molar-refractivity contribution < 1.29 is 14.7 Å². The first-order valence-electron chi connectivity index (χ1n) is 12.5. The number of aryl methyl sites for hydroxylation is 2. The highest BCUT2D eigenvalue weighted by Crippen LogP contribution is 2.30. The summed E-state index contributed by atoms with van der Waals surface area (Å²) < 4.78 is 5.44. The van der Waals surface area contributed by atoms with Gasteiger partial charge in [0.1, 0.15) is 5.60 Å². The third kappa shape index (κ3) is 5.93. The average molecular weight is 486 g/mol. The van der Waals surface area contributed by atoms with Crippen LogP contribution in [0.2, 0.25) is 0 Å². The number of amides is 1. The van der Waals surface area contributed by atoms with Gasteiger partial charge in [-0.1, -0.05) is 47.6 Å². The van der Waals surface area contributed by atoms with Gasteiger partial charge in [0.15, 0.2) is 0 Å². The minimum Gasteiger partial charge on any atom is -0.444 e. The molecule has 1 aromatic heterocycles. The van der Waals surface area contributed by atoms with Crippen molar-refractivity contribution in [3.63, 3.8) is 0 Å². The van der Waals surface area contributed by atoms with Crippen LogP contribution in [0.4, 0.5) is 4.79 Å². The number of aromatic nitrogens is 1. The summed E-state index contributed by atoms with van der Waals surface area (Å²) in [6.45, 7) is 11.1. The van der Waals surface area contributed by atoms with Gasteiger partial charge in [-0.25, -0.2) is 4.79 Å². The smallest absolute Gasteiger partial charge is 0.410 e. The number of oxime groups is 1. The first-order valence-corrected chi connectivity index (χ1v) is 12.5. The maximum absolute atomic E-state index is 12.2. The van der Waals surface area contributed by atoms with Gasteiger partial charge in [0.2, 0.25) is 0 Å². The van der Waals surface area contributed by atoms with E-state index in [4.69, 9.17) is 4.74 Å². The molecular weight excluding hydrogens is 450 g/mol. The molecule has 0 spiro atoms. The van der Waals surface area contributed by atoms with E-state index < -0.39 is 5.60 Å². The van der Waals surface area contributed by atoms with Crippen molar-refractivity contribution >= 4 is 11.8 Å². The Balaban J connectivity index is 1.37. The van der Waals surface area contributed by atoms with E-state index in [2.05, 4.69) is 53.5 Å². The second kappa shape index (κ2) is 10.5. The molecule has 1 fully saturated rings. The molecule has 3 aromatic rings. The van der Waals surface area contributed by atoms with Crippen molar-refractivity contribution in [2.45, 2.75) is 59.0 Å². The van der Waals surface area contributed by atoms with Crippen LogP contribution in [0.15, 0.2) is 65.9 Å². The van der Waals surface area contributed by atoms with Crippen LogP contribution < -0.4 is 0 Å². The molecule has 2 heterocycles. The van der Waals surface area contributed by atoms with E-state index >= 15 is 0 Å². The van der Waals surface area contributed by atoms with Crippen LogP contribution in [0.25, 0.3) is 11.1 Å². The van der Waals surface area contributed by atoms with Crippen LogP contribution in [0.5, 0.6) is 0 Å². The van der Waals surface area contributed by atoms with Crippen LogP contribution in [-0.2, 0) is 11.2 Å². The molecule has 1 saturated heterocycles. The molecule has 0 saturated carbocycles.